The lowest BCUT2D eigenvalue weighted by molar-refractivity contribution is -0.138. The molecule has 1 atom stereocenters. The van der Waals surface area contributed by atoms with E-state index < -0.39 is 32.4 Å². The molecule has 2 aliphatic rings. The summed E-state index contributed by atoms with van der Waals surface area (Å²) < 4.78 is 79.4. The van der Waals surface area contributed by atoms with E-state index in [1.807, 2.05) is 0 Å². The lowest BCUT2D eigenvalue weighted by Gasteiger charge is -2.31. The van der Waals surface area contributed by atoms with Crippen LogP contribution in [0.1, 0.15) is 18.4 Å². The number of hydrogen-bond donors (Lipinski definition) is 0. The Morgan fingerprint density at radius 3 is 2.29 bits per heavy atom. The lowest BCUT2D eigenvalue weighted by atomic mass is 9.98. The summed E-state index contributed by atoms with van der Waals surface area (Å²) in [6, 6.07) is 6.00. The monoisotopic (exact) mass is 514 g/mol. The Morgan fingerprint density at radius 2 is 1.74 bits per heavy atom. The first kappa shape index (κ1) is 24.3. The summed E-state index contributed by atoms with van der Waals surface area (Å²) in [4.78, 5) is 14.1. The summed E-state index contributed by atoms with van der Waals surface area (Å²) in [6.45, 7) is 1.10. The smallest absolute Gasteiger partial charge is 0.419 e. The summed E-state index contributed by atoms with van der Waals surface area (Å²) >= 11 is 0. The van der Waals surface area contributed by atoms with Crippen LogP contribution >= 0.6 is 0 Å². The number of benzene rings is 1. The molecule has 182 valence electrons. The van der Waals surface area contributed by atoms with Gasteiger partial charge in [-0.15, -0.1) is 0 Å². The molecule has 4 rings (SSSR count). The molecule has 0 aliphatic carbocycles. The maximum absolute atomic E-state index is 12.7. The van der Waals surface area contributed by atoms with E-state index in [1.165, 1.54) is 17.5 Å². The van der Waals surface area contributed by atoms with Gasteiger partial charge in [0.05, 0.1) is 27.0 Å². The van der Waals surface area contributed by atoms with E-state index in [9.17, 15) is 25.8 Å². The summed E-state index contributed by atoms with van der Waals surface area (Å²) in [5.41, 5.74) is -0.372. The van der Waals surface area contributed by atoms with Crippen LogP contribution in [0.25, 0.3) is 0 Å². The van der Waals surface area contributed by atoms with Crippen molar-refractivity contribution in [3.05, 3.63) is 53.3 Å². The van der Waals surface area contributed by atoms with Gasteiger partial charge in [0, 0.05) is 43.1 Å². The maximum atomic E-state index is 12.7. The molecule has 1 saturated heterocycles. The third kappa shape index (κ3) is 5.63. The predicted molar refractivity (Wildman–Crippen MR) is 121 cm³/mol. The van der Waals surface area contributed by atoms with Gasteiger partial charge in [-0.3, -0.25) is 0 Å². The van der Waals surface area contributed by atoms with Crippen molar-refractivity contribution < 1.29 is 30.5 Å². The van der Waals surface area contributed by atoms with Gasteiger partial charge in [-0.2, -0.15) is 13.2 Å². The second-order valence-corrected chi connectivity index (χ2v) is 11.2. The number of aromatic nitrogens is 2. The first-order valence-electron chi connectivity index (χ1n) is 10.3. The predicted octanol–water partition coefficient (Wildman–Crippen LogP) is 3.20. The highest BCUT2D eigenvalue weighted by atomic mass is 32.2. The first-order chi connectivity index (χ1) is 16.0. The van der Waals surface area contributed by atoms with Gasteiger partial charge in [0.25, 0.3) is 0 Å². The van der Waals surface area contributed by atoms with Crippen molar-refractivity contribution in [1.82, 2.24) is 9.97 Å². The second-order valence-electron chi connectivity index (χ2n) is 7.92. The van der Waals surface area contributed by atoms with Crippen molar-refractivity contribution in [2.75, 3.05) is 30.9 Å². The SMILES string of the molecule is CS(=O)(=O)c1ccc(OCC2=CS(=O)C(C3CCN(c4ncc(C(F)(F)F)cn4)CC3)=N2)cc1. The largest absolute Gasteiger partial charge is 0.487 e. The molecule has 1 aromatic heterocycles. The van der Waals surface area contributed by atoms with Crippen molar-refractivity contribution in [3.63, 3.8) is 0 Å². The van der Waals surface area contributed by atoms with Gasteiger partial charge >= 0.3 is 6.18 Å². The third-order valence-electron chi connectivity index (χ3n) is 5.43. The molecule has 1 aromatic carbocycles. The van der Waals surface area contributed by atoms with Gasteiger partial charge in [0.15, 0.2) is 9.84 Å². The number of ether oxygens (including phenoxy) is 1. The zero-order chi connectivity index (χ0) is 24.5. The molecule has 3 heterocycles. The molecule has 0 spiro atoms. The Bertz CT molecular complexity index is 1240. The minimum absolute atomic E-state index is 0.0330. The number of piperidine rings is 1. The fourth-order valence-electron chi connectivity index (χ4n) is 3.62. The zero-order valence-electron chi connectivity index (χ0n) is 18.0. The molecule has 1 unspecified atom stereocenters. The molecule has 2 aliphatic heterocycles. The summed E-state index contributed by atoms with van der Waals surface area (Å²) in [5, 5.41) is 2.09. The third-order valence-corrected chi connectivity index (χ3v) is 7.89. The van der Waals surface area contributed by atoms with Gasteiger partial charge in [0.1, 0.15) is 17.4 Å². The van der Waals surface area contributed by atoms with E-state index >= 15 is 0 Å². The molecule has 0 amide bonds. The molecule has 34 heavy (non-hydrogen) atoms. The van der Waals surface area contributed by atoms with Crippen LogP contribution in [-0.4, -0.2) is 53.6 Å². The minimum atomic E-state index is -4.48. The quantitative estimate of drug-likeness (QED) is 0.583. The van der Waals surface area contributed by atoms with Crippen molar-refractivity contribution >= 4 is 31.6 Å². The van der Waals surface area contributed by atoms with Crippen molar-refractivity contribution in [3.8, 4) is 5.75 Å². The van der Waals surface area contributed by atoms with E-state index in [0.717, 1.165) is 18.6 Å². The summed E-state index contributed by atoms with van der Waals surface area (Å²) in [6.07, 6.45) is -0.582. The van der Waals surface area contributed by atoms with Crippen LogP contribution in [0.15, 0.2) is 57.7 Å². The average Bonchev–Trinajstić information content (AvgIpc) is 3.17. The standard InChI is InChI=1S/C21H21F3N4O4S2/c1-34(30,31)18-4-2-17(3-5-18)32-12-16-13-33(29)19(27-16)14-6-8-28(9-7-14)20-25-10-15(11-26-20)21(22,23)24/h2-5,10-11,13-14H,6-9,12H2,1H3. The van der Waals surface area contributed by atoms with E-state index in [2.05, 4.69) is 15.0 Å². The number of halogens is 3. The fourth-order valence-corrected chi connectivity index (χ4v) is 5.51. The van der Waals surface area contributed by atoms with Crippen molar-refractivity contribution in [2.45, 2.75) is 23.9 Å². The molecule has 2 aromatic rings. The summed E-state index contributed by atoms with van der Waals surface area (Å²) in [7, 11) is -4.67. The van der Waals surface area contributed by atoms with Gasteiger partial charge in [-0.1, -0.05) is 0 Å². The van der Waals surface area contributed by atoms with Gasteiger partial charge in [-0.25, -0.2) is 27.6 Å². The number of hydrogen-bond acceptors (Lipinski definition) is 8. The van der Waals surface area contributed by atoms with E-state index in [4.69, 9.17) is 4.74 Å². The van der Waals surface area contributed by atoms with Crippen LogP contribution in [0.2, 0.25) is 0 Å². The van der Waals surface area contributed by atoms with Gasteiger partial charge in [-0.05, 0) is 37.1 Å². The van der Waals surface area contributed by atoms with Crippen molar-refractivity contribution in [2.24, 2.45) is 10.9 Å². The number of nitrogens with zero attached hydrogens (tertiary/aromatic N) is 4. The minimum Gasteiger partial charge on any atom is -0.487 e. The Kier molecular flexibility index (Phi) is 6.76. The number of alkyl halides is 3. The van der Waals surface area contributed by atoms with Crippen LogP contribution in [0.4, 0.5) is 19.1 Å². The highest BCUT2D eigenvalue weighted by Gasteiger charge is 2.33. The van der Waals surface area contributed by atoms with Gasteiger partial charge < -0.3 is 9.64 Å². The molecule has 0 N–H and O–H groups in total. The molecule has 0 bridgehead atoms. The molecule has 8 nitrogen and oxygen atoms in total. The highest BCUT2D eigenvalue weighted by Crippen LogP contribution is 2.30. The summed E-state index contributed by atoms with van der Waals surface area (Å²) in [5.74, 6) is 0.664. The fraction of sp³-hybridized carbons (Fsp3) is 0.381. The van der Waals surface area contributed by atoms with Crippen molar-refractivity contribution in [1.29, 1.82) is 0 Å². The molecule has 1 fully saturated rings. The van der Waals surface area contributed by atoms with Crippen LogP contribution in [0.5, 0.6) is 5.75 Å². The average molecular weight is 515 g/mol. The first-order valence-corrected chi connectivity index (χ1v) is 13.4. The normalized spacial score (nSPS) is 19.6. The van der Waals surface area contributed by atoms with E-state index in [0.29, 0.717) is 42.4 Å². The van der Waals surface area contributed by atoms with E-state index in [1.54, 1.807) is 17.0 Å². The Morgan fingerprint density at radius 1 is 1.12 bits per heavy atom. The Hall–Kier alpha value is -2.80. The number of rotatable bonds is 6. The van der Waals surface area contributed by atoms with E-state index in [-0.39, 0.29) is 23.4 Å². The maximum Gasteiger partial charge on any atom is 0.419 e. The van der Waals surface area contributed by atoms with Crippen LogP contribution in [-0.2, 0) is 26.8 Å². The van der Waals surface area contributed by atoms with Gasteiger partial charge in [0.2, 0.25) is 5.95 Å². The molecule has 0 saturated carbocycles. The molecule has 13 heteroatoms. The number of sulfone groups is 1. The topological polar surface area (TPSA) is 102 Å². The molecule has 0 radical (unpaired) electrons. The zero-order valence-corrected chi connectivity index (χ0v) is 19.7. The molecular formula is C21H21F3N4O4S2. The Balaban J connectivity index is 1.32. The number of aliphatic imine (C=N–C) groups is 1. The van der Waals surface area contributed by atoms with Crippen LogP contribution in [0.3, 0.4) is 0 Å². The van der Waals surface area contributed by atoms with Crippen LogP contribution < -0.4 is 9.64 Å². The molecular weight excluding hydrogens is 493 g/mol. The lowest BCUT2D eigenvalue weighted by Crippen LogP contribution is -2.37. The Labute approximate surface area is 197 Å². The van der Waals surface area contributed by atoms with Crippen LogP contribution in [0, 0.1) is 5.92 Å². The highest BCUT2D eigenvalue weighted by molar-refractivity contribution is 8.03. The number of anilines is 1. The second kappa shape index (κ2) is 9.45.